The van der Waals surface area contributed by atoms with Crippen molar-refractivity contribution < 1.29 is 0 Å². The Hall–Kier alpha value is -1.15. The van der Waals surface area contributed by atoms with E-state index in [9.17, 15) is 0 Å². The minimum Gasteiger partial charge on any atom is -0.245 e. The van der Waals surface area contributed by atoms with E-state index in [4.69, 9.17) is 0 Å². The first-order chi connectivity index (χ1) is 7.38. The molecule has 80 valence electrons. The first kappa shape index (κ1) is 11.9. The van der Waals surface area contributed by atoms with Gasteiger partial charge < -0.3 is 0 Å². The van der Waals surface area contributed by atoms with Crippen molar-refractivity contribution in [3.8, 4) is 0 Å². The van der Waals surface area contributed by atoms with Gasteiger partial charge in [-0.1, -0.05) is 37.6 Å². The molecule has 0 spiro atoms. The molecule has 2 rings (SSSR count). The Balaban J connectivity index is 0.000000167. The number of unbranched alkanes of at least 4 members (excludes halogenated alkanes) is 1. The van der Waals surface area contributed by atoms with Gasteiger partial charge in [-0.2, -0.15) is 0 Å². The second-order valence-electron chi connectivity index (χ2n) is 3.18. The van der Waals surface area contributed by atoms with Crippen LogP contribution in [0.4, 0.5) is 0 Å². The predicted molar refractivity (Wildman–Crippen MR) is 69.3 cm³/mol. The lowest BCUT2D eigenvalue weighted by atomic mass is 10.3. The lowest BCUT2D eigenvalue weighted by molar-refractivity contribution is 0.957. The molecule has 1 nitrogen and oxygen atoms in total. The number of aromatic nitrogens is 1. The molecular weight excluding hydrogens is 202 g/mol. The van der Waals surface area contributed by atoms with Crippen LogP contribution in [0.3, 0.4) is 0 Å². The van der Waals surface area contributed by atoms with Gasteiger partial charge in [-0.25, -0.2) is 4.98 Å². The van der Waals surface area contributed by atoms with Crippen LogP contribution in [0, 0.1) is 0 Å². The molecule has 0 fully saturated rings. The first-order valence-electron chi connectivity index (χ1n) is 5.28. The summed E-state index contributed by atoms with van der Waals surface area (Å²) in [5.41, 5.74) is 2.97. The molecule has 1 heterocycles. The Bertz CT molecular complexity index is 373. The van der Waals surface area contributed by atoms with Crippen molar-refractivity contribution in [3.63, 3.8) is 0 Å². The maximum absolute atomic E-state index is 4.14. The number of thiazole rings is 1. The van der Waals surface area contributed by atoms with E-state index < -0.39 is 0 Å². The van der Waals surface area contributed by atoms with Crippen molar-refractivity contribution in [1.82, 2.24) is 4.98 Å². The van der Waals surface area contributed by atoms with Crippen LogP contribution in [0.2, 0.25) is 0 Å². The number of fused-ring (bicyclic) bond motifs is 1. The molecule has 0 amide bonds. The van der Waals surface area contributed by atoms with Gasteiger partial charge in [0.25, 0.3) is 0 Å². The van der Waals surface area contributed by atoms with Gasteiger partial charge in [0, 0.05) is 0 Å². The van der Waals surface area contributed by atoms with Gasteiger partial charge in [0.05, 0.1) is 15.7 Å². The number of benzene rings is 1. The zero-order valence-corrected chi connectivity index (χ0v) is 10.1. The standard InChI is InChI=1S/C7H5NS.C6H12/c1-2-4-7-6(3-1)8-5-9-7;1-3-5-6-4-2/h1-5H;3,5H,4,6H2,1-2H3/b;5-3+. The lowest BCUT2D eigenvalue weighted by Gasteiger charge is -1.80. The Morgan fingerprint density at radius 2 is 2.13 bits per heavy atom. The van der Waals surface area contributed by atoms with Gasteiger partial charge in [-0.05, 0) is 25.5 Å². The molecule has 0 saturated carbocycles. The summed E-state index contributed by atoms with van der Waals surface area (Å²) in [7, 11) is 0. The molecule has 0 aliphatic rings. The van der Waals surface area contributed by atoms with E-state index in [-0.39, 0.29) is 0 Å². The van der Waals surface area contributed by atoms with Gasteiger partial charge in [0.15, 0.2) is 0 Å². The summed E-state index contributed by atoms with van der Waals surface area (Å²) in [5, 5.41) is 0. The van der Waals surface area contributed by atoms with E-state index in [1.165, 1.54) is 17.5 Å². The summed E-state index contributed by atoms with van der Waals surface area (Å²) >= 11 is 1.68. The monoisotopic (exact) mass is 219 g/mol. The van der Waals surface area contributed by atoms with Gasteiger partial charge in [-0.3, -0.25) is 0 Å². The summed E-state index contributed by atoms with van der Waals surface area (Å²) in [5.74, 6) is 0. The third-order valence-electron chi connectivity index (χ3n) is 1.93. The van der Waals surface area contributed by atoms with Gasteiger partial charge >= 0.3 is 0 Å². The van der Waals surface area contributed by atoms with Crippen LogP contribution in [-0.2, 0) is 0 Å². The fourth-order valence-electron chi connectivity index (χ4n) is 1.14. The minimum atomic E-state index is 1.10. The minimum absolute atomic E-state index is 1.10. The molecular formula is C13H17NS. The molecule has 1 aromatic heterocycles. The Morgan fingerprint density at radius 1 is 1.33 bits per heavy atom. The Morgan fingerprint density at radius 3 is 2.73 bits per heavy atom. The van der Waals surface area contributed by atoms with Gasteiger partial charge in [0.2, 0.25) is 0 Å². The van der Waals surface area contributed by atoms with E-state index in [0.717, 1.165) is 5.52 Å². The van der Waals surface area contributed by atoms with Crippen LogP contribution in [0.25, 0.3) is 10.2 Å². The molecule has 0 bridgehead atoms. The maximum atomic E-state index is 4.14. The van der Waals surface area contributed by atoms with E-state index in [1.807, 2.05) is 23.7 Å². The van der Waals surface area contributed by atoms with E-state index >= 15 is 0 Å². The van der Waals surface area contributed by atoms with E-state index in [2.05, 4.69) is 37.0 Å². The summed E-state index contributed by atoms with van der Waals surface area (Å²) in [6.45, 7) is 4.23. The lowest BCUT2D eigenvalue weighted by Crippen LogP contribution is -1.61. The molecule has 2 aromatic rings. The SMILES string of the molecule is C/C=C/CCC.c1ccc2scnc2c1. The molecule has 0 N–H and O–H groups in total. The smallest absolute Gasteiger partial charge is 0.0812 e. The summed E-state index contributed by atoms with van der Waals surface area (Å²) in [6.07, 6.45) is 6.77. The fraction of sp³-hybridized carbons (Fsp3) is 0.308. The second kappa shape index (κ2) is 7.18. The third-order valence-corrected chi connectivity index (χ3v) is 2.74. The van der Waals surface area contributed by atoms with E-state index in [0.29, 0.717) is 0 Å². The topological polar surface area (TPSA) is 12.9 Å². The normalized spacial score (nSPS) is 10.3. The van der Waals surface area contributed by atoms with Crippen LogP contribution in [0.1, 0.15) is 26.7 Å². The van der Waals surface area contributed by atoms with Crippen LogP contribution < -0.4 is 0 Å². The largest absolute Gasteiger partial charge is 0.245 e. The molecule has 0 aliphatic carbocycles. The molecule has 0 saturated heterocycles. The molecule has 0 unspecified atom stereocenters. The highest BCUT2D eigenvalue weighted by molar-refractivity contribution is 7.16. The number of hydrogen-bond donors (Lipinski definition) is 0. The summed E-state index contributed by atoms with van der Waals surface area (Å²) in [6, 6.07) is 8.13. The molecule has 0 aliphatic heterocycles. The van der Waals surface area contributed by atoms with Gasteiger partial charge in [0.1, 0.15) is 0 Å². The number of rotatable bonds is 2. The van der Waals surface area contributed by atoms with Crippen molar-refractivity contribution in [2.75, 3.05) is 0 Å². The third kappa shape index (κ3) is 4.26. The Kier molecular flexibility index (Phi) is 5.71. The maximum Gasteiger partial charge on any atom is 0.0812 e. The van der Waals surface area contributed by atoms with Crippen molar-refractivity contribution in [2.45, 2.75) is 26.7 Å². The quantitative estimate of drug-likeness (QED) is 0.669. The van der Waals surface area contributed by atoms with Crippen LogP contribution in [-0.4, -0.2) is 4.98 Å². The number of allylic oxidation sites excluding steroid dienone is 2. The summed E-state index contributed by atoms with van der Waals surface area (Å²) < 4.78 is 1.26. The van der Waals surface area contributed by atoms with Crippen molar-refractivity contribution in [1.29, 1.82) is 0 Å². The average molecular weight is 219 g/mol. The zero-order chi connectivity index (χ0) is 10.9. The van der Waals surface area contributed by atoms with Crippen LogP contribution >= 0.6 is 11.3 Å². The van der Waals surface area contributed by atoms with Crippen LogP contribution in [0.15, 0.2) is 41.9 Å². The highest BCUT2D eigenvalue weighted by Crippen LogP contribution is 2.15. The highest BCUT2D eigenvalue weighted by atomic mass is 32.1. The summed E-state index contributed by atoms with van der Waals surface area (Å²) in [4.78, 5) is 4.14. The van der Waals surface area contributed by atoms with Crippen molar-refractivity contribution >= 4 is 21.6 Å². The van der Waals surface area contributed by atoms with E-state index in [1.54, 1.807) is 11.3 Å². The average Bonchev–Trinajstić information content (AvgIpc) is 2.75. The molecule has 1 aromatic carbocycles. The number of para-hydroxylation sites is 1. The number of hydrogen-bond acceptors (Lipinski definition) is 2. The van der Waals surface area contributed by atoms with Crippen LogP contribution in [0.5, 0.6) is 0 Å². The van der Waals surface area contributed by atoms with Crippen molar-refractivity contribution in [2.24, 2.45) is 0 Å². The molecule has 2 heteroatoms. The van der Waals surface area contributed by atoms with Gasteiger partial charge in [-0.15, -0.1) is 11.3 Å². The van der Waals surface area contributed by atoms with Crippen molar-refractivity contribution in [3.05, 3.63) is 41.9 Å². The second-order valence-corrected chi connectivity index (χ2v) is 4.06. The molecule has 0 radical (unpaired) electrons. The zero-order valence-electron chi connectivity index (χ0n) is 9.31. The highest BCUT2D eigenvalue weighted by Gasteiger charge is 1.89. The first-order valence-corrected chi connectivity index (χ1v) is 6.15. The predicted octanol–water partition coefficient (Wildman–Crippen LogP) is 4.66. The Labute approximate surface area is 95.5 Å². The number of nitrogens with zero attached hydrogens (tertiary/aromatic N) is 1. The fourth-order valence-corrected chi connectivity index (χ4v) is 1.82. The molecule has 15 heavy (non-hydrogen) atoms. The molecule has 0 atom stereocenters.